The number of hydrogen-bond donors (Lipinski definition) is 1. The van der Waals surface area contributed by atoms with Gasteiger partial charge in [0.25, 0.3) is 0 Å². The van der Waals surface area contributed by atoms with E-state index in [0.717, 1.165) is 32.1 Å². The predicted octanol–water partition coefficient (Wildman–Crippen LogP) is 3.47. The molecule has 3 nitrogen and oxygen atoms in total. The Balaban J connectivity index is 1.82. The average molecular weight is 286 g/mol. The first-order valence-corrected chi connectivity index (χ1v) is 10.5. The van der Waals surface area contributed by atoms with E-state index in [1.165, 1.54) is 0 Å². The summed E-state index contributed by atoms with van der Waals surface area (Å²) in [4.78, 5) is 0. The van der Waals surface area contributed by atoms with Crippen LogP contribution in [0, 0.1) is 0 Å². The highest BCUT2D eigenvalue weighted by molar-refractivity contribution is 6.74. The molecule has 2 atom stereocenters. The van der Waals surface area contributed by atoms with Gasteiger partial charge in [0.1, 0.15) is 0 Å². The first kappa shape index (κ1) is 15.5. The van der Waals surface area contributed by atoms with E-state index in [4.69, 9.17) is 9.16 Å². The van der Waals surface area contributed by atoms with Crippen LogP contribution in [-0.4, -0.2) is 37.8 Å². The summed E-state index contributed by atoms with van der Waals surface area (Å²) in [6.07, 6.45) is 5.17. The fraction of sp³-hybridized carbons (Fsp3) is 1.00. The van der Waals surface area contributed by atoms with Gasteiger partial charge in [-0.1, -0.05) is 20.8 Å². The normalized spacial score (nSPS) is 35.7. The molecule has 1 N–H and O–H groups in total. The Morgan fingerprint density at radius 1 is 1.21 bits per heavy atom. The van der Waals surface area contributed by atoms with Crippen molar-refractivity contribution in [3.05, 3.63) is 0 Å². The van der Waals surface area contributed by atoms with Crippen LogP contribution in [0.15, 0.2) is 0 Å². The van der Waals surface area contributed by atoms with Crippen molar-refractivity contribution >= 4 is 8.32 Å². The summed E-state index contributed by atoms with van der Waals surface area (Å²) >= 11 is 0. The molecule has 19 heavy (non-hydrogen) atoms. The van der Waals surface area contributed by atoms with Gasteiger partial charge in [0.2, 0.25) is 0 Å². The van der Waals surface area contributed by atoms with Crippen molar-refractivity contribution in [1.29, 1.82) is 0 Å². The minimum absolute atomic E-state index is 0.240. The van der Waals surface area contributed by atoms with E-state index < -0.39 is 13.9 Å². The Bertz CT molecular complexity index is 310. The van der Waals surface area contributed by atoms with Gasteiger partial charge in [0.15, 0.2) is 8.32 Å². The first-order chi connectivity index (χ1) is 8.61. The standard InChI is InChI=1S/C15H30O3Si/c1-14(2,3)19(4,5)17-9-8-15(16)10-12-6-7-13(11-15)18-12/h12-13,16H,6-11H2,1-5H3. The van der Waals surface area contributed by atoms with Crippen LogP contribution in [0.1, 0.15) is 52.9 Å². The molecule has 112 valence electrons. The lowest BCUT2D eigenvalue weighted by molar-refractivity contribution is -0.117. The third kappa shape index (κ3) is 3.60. The Morgan fingerprint density at radius 2 is 1.74 bits per heavy atom. The number of ether oxygens (including phenoxy) is 1. The lowest BCUT2D eigenvalue weighted by atomic mass is 9.87. The van der Waals surface area contributed by atoms with Gasteiger partial charge in [-0.3, -0.25) is 0 Å². The molecular formula is C15H30O3Si. The molecule has 2 unspecified atom stereocenters. The summed E-state index contributed by atoms with van der Waals surface area (Å²) in [6.45, 7) is 12.0. The van der Waals surface area contributed by atoms with Gasteiger partial charge in [-0.05, 0) is 37.4 Å². The Kier molecular flexibility index (Phi) is 4.18. The molecule has 0 aromatic rings. The highest BCUT2D eigenvalue weighted by Crippen LogP contribution is 2.41. The van der Waals surface area contributed by atoms with Gasteiger partial charge >= 0.3 is 0 Å². The molecule has 0 saturated carbocycles. The molecule has 2 aliphatic rings. The molecule has 2 heterocycles. The molecule has 2 aliphatic heterocycles. The quantitative estimate of drug-likeness (QED) is 0.804. The monoisotopic (exact) mass is 286 g/mol. The summed E-state index contributed by atoms with van der Waals surface area (Å²) < 4.78 is 12.0. The summed E-state index contributed by atoms with van der Waals surface area (Å²) in [5.41, 5.74) is -0.549. The third-order valence-electron chi connectivity index (χ3n) is 5.25. The van der Waals surface area contributed by atoms with Crippen molar-refractivity contribution in [3.63, 3.8) is 0 Å². The maximum absolute atomic E-state index is 10.7. The molecule has 2 rings (SSSR count). The van der Waals surface area contributed by atoms with E-state index >= 15 is 0 Å². The van der Waals surface area contributed by atoms with Crippen molar-refractivity contribution in [1.82, 2.24) is 0 Å². The SMILES string of the molecule is CC(C)(C)[Si](C)(C)OCCC1(O)CC2CCC(C1)O2. The molecule has 2 saturated heterocycles. The number of aliphatic hydroxyl groups is 1. The maximum atomic E-state index is 10.7. The summed E-state index contributed by atoms with van der Waals surface area (Å²) in [5.74, 6) is 0. The topological polar surface area (TPSA) is 38.7 Å². The third-order valence-corrected chi connectivity index (χ3v) is 9.79. The number of fused-ring (bicyclic) bond motifs is 2. The maximum Gasteiger partial charge on any atom is 0.191 e. The van der Waals surface area contributed by atoms with Gasteiger partial charge in [-0.15, -0.1) is 0 Å². The van der Waals surface area contributed by atoms with E-state index in [1.807, 2.05) is 0 Å². The molecule has 2 bridgehead atoms. The largest absolute Gasteiger partial charge is 0.417 e. The molecule has 0 amide bonds. The zero-order chi connectivity index (χ0) is 14.3. The van der Waals surface area contributed by atoms with Gasteiger partial charge in [-0.2, -0.15) is 0 Å². The Hall–Kier alpha value is 0.0969. The van der Waals surface area contributed by atoms with Crippen LogP contribution in [0.3, 0.4) is 0 Å². The second-order valence-electron chi connectivity index (χ2n) is 7.95. The summed E-state index contributed by atoms with van der Waals surface area (Å²) in [7, 11) is -1.68. The zero-order valence-corrected chi connectivity index (χ0v) is 14.2. The van der Waals surface area contributed by atoms with Gasteiger partial charge in [0, 0.05) is 19.4 Å². The fourth-order valence-corrected chi connectivity index (χ4v) is 3.97. The molecular weight excluding hydrogens is 256 g/mol. The van der Waals surface area contributed by atoms with Crippen LogP contribution in [-0.2, 0) is 9.16 Å². The van der Waals surface area contributed by atoms with Crippen LogP contribution in [0.2, 0.25) is 18.1 Å². The molecule has 2 fully saturated rings. The molecule has 0 radical (unpaired) electrons. The van der Waals surface area contributed by atoms with Crippen LogP contribution < -0.4 is 0 Å². The minimum Gasteiger partial charge on any atom is -0.417 e. The van der Waals surface area contributed by atoms with Crippen molar-refractivity contribution in [3.8, 4) is 0 Å². The summed E-state index contributed by atoms with van der Waals surface area (Å²) in [5, 5.41) is 10.9. The summed E-state index contributed by atoms with van der Waals surface area (Å²) in [6, 6.07) is 0. The van der Waals surface area contributed by atoms with Crippen LogP contribution in [0.25, 0.3) is 0 Å². The molecule has 4 heteroatoms. The first-order valence-electron chi connectivity index (χ1n) is 7.63. The molecule has 0 aliphatic carbocycles. The van der Waals surface area contributed by atoms with Crippen molar-refractivity contribution in [2.24, 2.45) is 0 Å². The van der Waals surface area contributed by atoms with E-state index in [-0.39, 0.29) is 17.2 Å². The van der Waals surface area contributed by atoms with Crippen LogP contribution >= 0.6 is 0 Å². The lowest BCUT2D eigenvalue weighted by Crippen LogP contribution is -2.45. The fourth-order valence-electron chi connectivity index (χ4n) is 2.93. The smallest absolute Gasteiger partial charge is 0.191 e. The van der Waals surface area contributed by atoms with Crippen molar-refractivity contribution in [2.45, 2.75) is 88.8 Å². The van der Waals surface area contributed by atoms with E-state index in [0.29, 0.717) is 6.61 Å². The predicted molar refractivity (Wildman–Crippen MR) is 79.8 cm³/mol. The number of rotatable bonds is 4. The second-order valence-corrected chi connectivity index (χ2v) is 12.8. The average Bonchev–Trinajstić information content (AvgIpc) is 2.56. The highest BCUT2D eigenvalue weighted by Gasteiger charge is 2.44. The Labute approximate surface area is 118 Å². The van der Waals surface area contributed by atoms with Gasteiger partial charge in [0.05, 0.1) is 17.8 Å². The van der Waals surface area contributed by atoms with Crippen molar-refractivity contribution in [2.75, 3.05) is 6.61 Å². The van der Waals surface area contributed by atoms with Gasteiger partial charge < -0.3 is 14.3 Å². The van der Waals surface area contributed by atoms with Crippen LogP contribution in [0.4, 0.5) is 0 Å². The van der Waals surface area contributed by atoms with E-state index in [1.54, 1.807) is 0 Å². The molecule has 0 aromatic carbocycles. The molecule has 0 spiro atoms. The molecule has 0 aromatic heterocycles. The van der Waals surface area contributed by atoms with Crippen molar-refractivity contribution < 1.29 is 14.3 Å². The van der Waals surface area contributed by atoms with Gasteiger partial charge in [-0.25, -0.2) is 0 Å². The highest BCUT2D eigenvalue weighted by atomic mass is 28.4. The van der Waals surface area contributed by atoms with E-state index in [9.17, 15) is 5.11 Å². The van der Waals surface area contributed by atoms with Crippen LogP contribution in [0.5, 0.6) is 0 Å². The van der Waals surface area contributed by atoms with E-state index in [2.05, 4.69) is 33.9 Å². The lowest BCUT2D eigenvalue weighted by Gasteiger charge is -2.39. The Morgan fingerprint density at radius 3 is 2.21 bits per heavy atom. The minimum atomic E-state index is -1.68. The number of hydrogen-bond acceptors (Lipinski definition) is 3. The second kappa shape index (κ2) is 5.13. The zero-order valence-electron chi connectivity index (χ0n) is 13.2.